The molecule has 0 saturated carbocycles. The fourth-order valence-electron chi connectivity index (χ4n) is 1.82. The highest BCUT2D eigenvalue weighted by Gasteiger charge is 2.31. The van der Waals surface area contributed by atoms with E-state index in [0.717, 1.165) is 17.7 Å². The van der Waals surface area contributed by atoms with Crippen LogP contribution in [0, 0.1) is 0 Å². The summed E-state index contributed by atoms with van der Waals surface area (Å²) in [6.07, 6.45) is -0.835. The molecule has 1 aromatic heterocycles. The van der Waals surface area contributed by atoms with Crippen molar-refractivity contribution in [1.82, 2.24) is 9.88 Å². The van der Waals surface area contributed by atoms with Crippen LogP contribution in [0.1, 0.15) is 21.5 Å². The average molecular weight is 361 g/mol. The van der Waals surface area contributed by atoms with E-state index in [-0.39, 0.29) is 12.1 Å². The first-order valence-electron chi connectivity index (χ1n) is 6.03. The molecule has 3 nitrogen and oxygen atoms in total. The third-order valence-corrected chi connectivity index (χ3v) is 3.58. The normalized spacial score (nSPS) is 11.5. The minimum absolute atomic E-state index is 0.0410. The Kier molecular flexibility index (Phi) is 4.41. The monoisotopic (exact) mass is 360 g/mol. The van der Waals surface area contributed by atoms with Crippen molar-refractivity contribution in [2.45, 2.75) is 12.7 Å². The van der Waals surface area contributed by atoms with Crippen LogP contribution in [0.15, 0.2) is 41.1 Å². The minimum atomic E-state index is -4.48. The van der Waals surface area contributed by atoms with Crippen molar-refractivity contribution in [3.05, 3.63) is 57.8 Å². The lowest BCUT2D eigenvalue weighted by Crippen LogP contribution is -2.23. The van der Waals surface area contributed by atoms with Gasteiger partial charge in [-0.2, -0.15) is 13.2 Å². The third-order valence-electron chi connectivity index (χ3n) is 2.88. The lowest BCUT2D eigenvalue weighted by Gasteiger charge is -2.10. The van der Waals surface area contributed by atoms with Crippen LogP contribution in [-0.4, -0.2) is 10.5 Å². The number of carbonyl (C=O) groups is 1. The van der Waals surface area contributed by atoms with Crippen molar-refractivity contribution < 1.29 is 18.0 Å². The molecule has 1 amide bonds. The Bertz CT molecular complexity index is 664. The summed E-state index contributed by atoms with van der Waals surface area (Å²) in [5.41, 5.74) is -0.0229. The molecular formula is C14H12BrF3N2O. The van der Waals surface area contributed by atoms with Gasteiger partial charge in [-0.3, -0.25) is 4.79 Å². The van der Waals surface area contributed by atoms with Crippen LogP contribution in [0.2, 0.25) is 0 Å². The van der Waals surface area contributed by atoms with Crippen LogP contribution >= 0.6 is 15.9 Å². The SMILES string of the molecule is Cn1ccc(CNC(=O)c2cc(C(F)(F)F)ccc2Br)c1. The molecule has 0 saturated heterocycles. The molecule has 2 rings (SSSR count). The number of aryl methyl sites for hydroxylation is 1. The number of nitrogens with zero attached hydrogens (tertiary/aromatic N) is 1. The Hall–Kier alpha value is -1.76. The molecular weight excluding hydrogens is 349 g/mol. The number of halogens is 4. The Morgan fingerprint density at radius 1 is 1.33 bits per heavy atom. The van der Waals surface area contributed by atoms with Crippen molar-refractivity contribution in [3.8, 4) is 0 Å². The van der Waals surface area contributed by atoms with Gasteiger partial charge in [0.25, 0.3) is 5.91 Å². The van der Waals surface area contributed by atoms with Gasteiger partial charge < -0.3 is 9.88 Å². The van der Waals surface area contributed by atoms with E-state index in [4.69, 9.17) is 0 Å². The van der Waals surface area contributed by atoms with Crippen LogP contribution in [0.3, 0.4) is 0 Å². The smallest absolute Gasteiger partial charge is 0.357 e. The van der Waals surface area contributed by atoms with Crippen LogP contribution in [0.5, 0.6) is 0 Å². The number of aromatic nitrogens is 1. The Labute approximate surface area is 127 Å². The number of hydrogen-bond donors (Lipinski definition) is 1. The quantitative estimate of drug-likeness (QED) is 0.888. The zero-order chi connectivity index (χ0) is 15.6. The molecule has 2 aromatic rings. The van der Waals surface area contributed by atoms with Gasteiger partial charge in [-0.25, -0.2) is 0 Å². The number of hydrogen-bond acceptors (Lipinski definition) is 1. The molecule has 0 aliphatic carbocycles. The molecule has 0 unspecified atom stereocenters. The van der Waals surface area contributed by atoms with Crippen molar-refractivity contribution in [2.75, 3.05) is 0 Å². The maximum Gasteiger partial charge on any atom is 0.416 e. The van der Waals surface area contributed by atoms with Crippen molar-refractivity contribution in [1.29, 1.82) is 0 Å². The zero-order valence-corrected chi connectivity index (χ0v) is 12.6. The van der Waals surface area contributed by atoms with Gasteiger partial charge in [0.2, 0.25) is 0 Å². The molecule has 0 aliphatic heterocycles. The van der Waals surface area contributed by atoms with Crippen LogP contribution in [-0.2, 0) is 19.8 Å². The number of carbonyl (C=O) groups excluding carboxylic acids is 1. The van der Waals surface area contributed by atoms with Crippen LogP contribution in [0.4, 0.5) is 13.2 Å². The number of alkyl halides is 3. The minimum Gasteiger partial charge on any atom is -0.357 e. The van der Waals surface area contributed by atoms with Crippen molar-refractivity contribution in [3.63, 3.8) is 0 Å². The molecule has 0 aliphatic rings. The second kappa shape index (κ2) is 5.93. The summed E-state index contributed by atoms with van der Waals surface area (Å²) in [6, 6.07) is 4.81. The summed E-state index contributed by atoms with van der Waals surface area (Å²) >= 11 is 3.10. The molecule has 1 N–H and O–H groups in total. The highest BCUT2D eigenvalue weighted by atomic mass is 79.9. The first-order chi connectivity index (χ1) is 9.77. The standard InChI is InChI=1S/C14H12BrF3N2O/c1-20-5-4-9(8-20)7-19-13(21)11-6-10(14(16,17)18)2-3-12(11)15/h2-6,8H,7H2,1H3,(H,19,21). The Morgan fingerprint density at radius 3 is 2.62 bits per heavy atom. The summed E-state index contributed by atoms with van der Waals surface area (Å²) in [4.78, 5) is 12.0. The first kappa shape index (κ1) is 15.6. The lowest BCUT2D eigenvalue weighted by molar-refractivity contribution is -0.137. The van der Waals surface area contributed by atoms with E-state index in [0.29, 0.717) is 4.47 Å². The third kappa shape index (κ3) is 3.87. The van der Waals surface area contributed by atoms with Gasteiger partial charge >= 0.3 is 6.18 Å². The van der Waals surface area contributed by atoms with E-state index in [9.17, 15) is 18.0 Å². The Balaban J connectivity index is 2.15. The van der Waals surface area contributed by atoms with Gasteiger partial charge in [0, 0.05) is 30.5 Å². The maximum absolute atomic E-state index is 12.7. The summed E-state index contributed by atoms with van der Waals surface area (Å²) in [5, 5.41) is 2.60. The van der Waals surface area contributed by atoms with Gasteiger partial charge in [-0.1, -0.05) is 0 Å². The highest BCUT2D eigenvalue weighted by molar-refractivity contribution is 9.10. The zero-order valence-electron chi connectivity index (χ0n) is 11.0. The topological polar surface area (TPSA) is 34.0 Å². The summed E-state index contributed by atoms with van der Waals surface area (Å²) < 4.78 is 40.1. The van der Waals surface area contributed by atoms with Gasteiger partial charge in [0.05, 0.1) is 11.1 Å². The van der Waals surface area contributed by atoms with Crippen molar-refractivity contribution >= 4 is 21.8 Å². The maximum atomic E-state index is 12.7. The second-order valence-electron chi connectivity index (χ2n) is 4.56. The number of amides is 1. The van der Waals surface area contributed by atoms with Gasteiger partial charge in [-0.05, 0) is 45.8 Å². The largest absolute Gasteiger partial charge is 0.416 e. The van der Waals surface area contributed by atoms with Gasteiger partial charge in [-0.15, -0.1) is 0 Å². The van der Waals surface area contributed by atoms with Crippen LogP contribution < -0.4 is 5.32 Å². The van der Waals surface area contributed by atoms with Gasteiger partial charge in [0.1, 0.15) is 0 Å². The van der Waals surface area contributed by atoms with Crippen LogP contribution in [0.25, 0.3) is 0 Å². The molecule has 0 fully saturated rings. The fourth-order valence-corrected chi connectivity index (χ4v) is 2.25. The Morgan fingerprint density at radius 2 is 2.05 bits per heavy atom. The molecule has 0 bridgehead atoms. The number of benzene rings is 1. The molecule has 0 atom stereocenters. The summed E-state index contributed by atoms with van der Waals surface area (Å²) in [5.74, 6) is -0.558. The fraction of sp³-hybridized carbons (Fsp3) is 0.214. The van der Waals surface area contributed by atoms with E-state index in [1.54, 1.807) is 0 Å². The number of nitrogens with one attached hydrogen (secondary N) is 1. The molecule has 1 aromatic carbocycles. The number of rotatable bonds is 3. The van der Waals surface area contributed by atoms with E-state index < -0.39 is 17.6 Å². The molecule has 21 heavy (non-hydrogen) atoms. The van der Waals surface area contributed by atoms with Gasteiger partial charge in [0.15, 0.2) is 0 Å². The summed E-state index contributed by atoms with van der Waals surface area (Å²) in [6.45, 7) is 0.252. The van der Waals surface area contributed by atoms with E-state index in [1.807, 2.05) is 30.1 Å². The molecule has 112 valence electrons. The van der Waals surface area contributed by atoms with E-state index in [2.05, 4.69) is 21.2 Å². The van der Waals surface area contributed by atoms with E-state index >= 15 is 0 Å². The summed E-state index contributed by atoms with van der Waals surface area (Å²) in [7, 11) is 1.84. The molecule has 0 radical (unpaired) electrons. The highest BCUT2D eigenvalue weighted by Crippen LogP contribution is 2.31. The molecule has 1 heterocycles. The predicted molar refractivity (Wildman–Crippen MR) is 75.7 cm³/mol. The first-order valence-corrected chi connectivity index (χ1v) is 6.82. The molecule has 0 spiro atoms. The van der Waals surface area contributed by atoms with E-state index in [1.165, 1.54) is 6.07 Å². The molecule has 7 heteroatoms. The second-order valence-corrected chi connectivity index (χ2v) is 5.41. The lowest BCUT2D eigenvalue weighted by atomic mass is 10.1. The van der Waals surface area contributed by atoms with Crippen molar-refractivity contribution in [2.24, 2.45) is 7.05 Å². The predicted octanol–water partition coefficient (Wildman–Crippen LogP) is 3.74. The average Bonchev–Trinajstić information content (AvgIpc) is 2.81.